The van der Waals surface area contributed by atoms with Gasteiger partial charge in [0, 0.05) is 10.7 Å². The molecule has 6 heteroatoms. The molecule has 0 radical (unpaired) electrons. The van der Waals surface area contributed by atoms with Crippen LogP contribution < -0.4 is 15.0 Å². The van der Waals surface area contributed by atoms with Crippen LogP contribution in [0.15, 0.2) is 66.4 Å². The summed E-state index contributed by atoms with van der Waals surface area (Å²) >= 11 is 6.09. The lowest BCUT2D eigenvalue weighted by molar-refractivity contribution is -0.120. The lowest BCUT2D eigenvalue weighted by Gasteiger charge is -2.19. The lowest BCUT2D eigenvalue weighted by atomic mass is 10.0. The van der Waals surface area contributed by atoms with Gasteiger partial charge in [-0.2, -0.15) is 0 Å². The largest absolute Gasteiger partial charge is 0.495 e. The van der Waals surface area contributed by atoms with Crippen LogP contribution >= 0.6 is 11.6 Å². The highest BCUT2D eigenvalue weighted by Crippen LogP contribution is 2.38. The Bertz CT molecular complexity index is 1260. The van der Waals surface area contributed by atoms with Crippen molar-refractivity contribution in [3.63, 3.8) is 0 Å². The number of anilines is 2. The van der Waals surface area contributed by atoms with Gasteiger partial charge in [0.15, 0.2) is 0 Å². The third kappa shape index (κ3) is 3.87. The normalized spacial score (nSPS) is 13.7. The van der Waals surface area contributed by atoms with E-state index in [9.17, 15) is 9.59 Å². The number of carbonyl (C=O) groups excluding carboxylic acids is 2. The summed E-state index contributed by atoms with van der Waals surface area (Å²) in [5.41, 5.74) is 5.14. The van der Waals surface area contributed by atoms with E-state index in [0.717, 1.165) is 16.7 Å². The Balaban J connectivity index is 1.87. The van der Waals surface area contributed by atoms with E-state index in [1.54, 1.807) is 30.3 Å². The standard InChI is InChI=1S/C26H23ClN2O3/c1-15-5-8-18(9-6-15)23-24(28-20-11-10-19(27)14-17(20)3)26(31)29(25(23)30)21-13-16(2)7-12-22(21)32-4/h5-14,28H,1-4H3. The highest BCUT2D eigenvalue weighted by atomic mass is 35.5. The molecule has 0 bridgehead atoms. The Morgan fingerprint density at radius 2 is 1.53 bits per heavy atom. The fourth-order valence-corrected chi connectivity index (χ4v) is 3.96. The van der Waals surface area contributed by atoms with Crippen LogP contribution in [0.2, 0.25) is 5.02 Å². The molecule has 162 valence electrons. The van der Waals surface area contributed by atoms with Crippen LogP contribution in [0.25, 0.3) is 5.57 Å². The number of nitrogens with zero attached hydrogens (tertiary/aromatic N) is 1. The fourth-order valence-electron chi connectivity index (χ4n) is 3.73. The first-order valence-electron chi connectivity index (χ1n) is 10.2. The van der Waals surface area contributed by atoms with Gasteiger partial charge >= 0.3 is 0 Å². The monoisotopic (exact) mass is 446 g/mol. The molecule has 0 aliphatic carbocycles. The quantitative estimate of drug-likeness (QED) is 0.513. The highest BCUT2D eigenvalue weighted by Gasteiger charge is 2.41. The lowest BCUT2D eigenvalue weighted by Crippen LogP contribution is -2.32. The van der Waals surface area contributed by atoms with E-state index in [1.807, 2.05) is 51.1 Å². The summed E-state index contributed by atoms with van der Waals surface area (Å²) in [6.07, 6.45) is 0. The maximum Gasteiger partial charge on any atom is 0.282 e. The summed E-state index contributed by atoms with van der Waals surface area (Å²) in [5.74, 6) is -0.398. The smallest absolute Gasteiger partial charge is 0.282 e. The third-order valence-corrected chi connectivity index (χ3v) is 5.68. The number of amides is 2. The number of benzene rings is 3. The summed E-state index contributed by atoms with van der Waals surface area (Å²) in [7, 11) is 1.52. The van der Waals surface area contributed by atoms with E-state index < -0.39 is 11.8 Å². The van der Waals surface area contributed by atoms with Gasteiger partial charge in [0.25, 0.3) is 11.8 Å². The van der Waals surface area contributed by atoms with Crippen molar-refractivity contribution in [1.82, 2.24) is 0 Å². The van der Waals surface area contributed by atoms with Crippen LogP contribution in [-0.2, 0) is 9.59 Å². The predicted octanol–water partition coefficient (Wildman–Crippen LogP) is 5.67. The molecule has 1 heterocycles. The minimum atomic E-state index is -0.441. The van der Waals surface area contributed by atoms with E-state index >= 15 is 0 Å². The molecule has 0 aromatic heterocycles. The van der Waals surface area contributed by atoms with Crippen LogP contribution in [0.4, 0.5) is 11.4 Å². The Hall–Kier alpha value is -3.57. The SMILES string of the molecule is COc1ccc(C)cc1N1C(=O)C(Nc2ccc(Cl)cc2C)=C(c2ccc(C)cc2)C1=O. The first kappa shape index (κ1) is 21.7. The van der Waals surface area contributed by atoms with Gasteiger partial charge < -0.3 is 10.1 Å². The molecule has 1 aliphatic heterocycles. The molecule has 5 nitrogen and oxygen atoms in total. The van der Waals surface area contributed by atoms with Gasteiger partial charge in [-0.15, -0.1) is 0 Å². The molecule has 0 spiro atoms. The number of hydrogen-bond acceptors (Lipinski definition) is 4. The van der Waals surface area contributed by atoms with Gasteiger partial charge in [-0.3, -0.25) is 9.59 Å². The first-order chi connectivity index (χ1) is 15.3. The second-order valence-electron chi connectivity index (χ2n) is 7.82. The summed E-state index contributed by atoms with van der Waals surface area (Å²) in [5, 5.41) is 3.80. The summed E-state index contributed by atoms with van der Waals surface area (Å²) < 4.78 is 5.45. The Morgan fingerprint density at radius 1 is 0.844 bits per heavy atom. The second kappa shape index (κ2) is 8.52. The van der Waals surface area contributed by atoms with Crippen molar-refractivity contribution in [2.45, 2.75) is 20.8 Å². The molecule has 3 aromatic carbocycles. The predicted molar refractivity (Wildman–Crippen MR) is 128 cm³/mol. The third-order valence-electron chi connectivity index (χ3n) is 5.45. The second-order valence-corrected chi connectivity index (χ2v) is 8.26. The number of rotatable bonds is 5. The van der Waals surface area contributed by atoms with Crippen LogP contribution in [0.3, 0.4) is 0 Å². The van der Waals surface area contributed by atoms with Gasteiger partial charge in [-0.05, 0) is 67.8 Å². The molecule has 0 saturated carbocycles. The first-order valence-corrected chi connectivity index (χ1v) is 10.6. The Labute approximate surface area is 192 Å². The van der Waals surface area contributed by atoms with Gasteiger partial charge in [0.05, 0.1) is 18.4 Å². The number of carbonyl (C=O) groups is 2. The van der Waals surface area contributed by atoms with Crippen LogP contribution in [0, 0.1) is 20.8 Å². The van der Waals surface area contributed by atoms with Crippen molar-refractivity contribution in [1.29, 1.82) is 0 Å². The topological polar surface area (TPSA) is 58.6 Å². The molecule has 2 amide bonds. The zero-order valence-corrected chi connectivity index (χ0v) is 19.1. The van der Waals surface area contributed by atoms with Crippen molar-refractivity contribution in [3.8, 4) is 5.75 Å². The van der Waals surface area contributed by atoms with E-state index in [2.05, 4.69) is 5.32 Å². The molecule has 0 saturated heterocycles. The van der Waals surface area contributed by atoms with Gasteiger partial charge in [0.1, 0.15) is 11.4 Å². The van der Waals surface area contributed by atoms with Crippen molar-refractivity contribution in [2.75, 3.05) is 17.3 Å². The maximum absolute atomic E-state index is 13.7. The molecule has 1 N–H and O–H groups in total. The van der Waals surface area contributed by atoms with E-state index in [1.165, 1.54) is 12.0 Å². The Kier molecular flexibility index (Phi) is 5.76. The summed E-state index contributed by atoms with van der Waals surface area (Å²) in [6, 6.07) is 18.3. The van der Waals surface area contributed by atoms with Crippen LogP contribution in [-0.4, -0.2) is 18.9 Å². The number of ether oxygens (including phenoxy) is 1. The molecule has 0 fully saturated rings. The van der Waals surface area contributed by atoms with E-state index in [4.69, 9.17) is 16.3 Å². The van der Waals surface area contributed by atoms with Crippen molar-refractivity contribution < 1.29 is 14.3 Å². The van der Waals surface area contributed by atoms with Crippen molar-refractivity contribution >= 4 is 40.4 Å². The number of halogens is 1. The minimum absolute atomic E-state index is 0.216. The fraction of sp³-hybridized carbons (Fsp3) is 0.154. The number of nitrogens with one attached hydrogen (secondary N) is 1. The molecule has 0 atom stereocenters. The number of methoxy groups -OCH3 is 1. The molecule has 3 aromatic rings. The minimum Gasteiger partial charge on any atom is -0.495 e. The van der Waals surface area contributed by atoms with Crippen LogP contribution in [0.5, 0.6) is 5.75 Å². The van der Waals surface area contributed by atoms with Gasteiger partial charge in [0.2, 0.25) is 0 Å². The van der Waals surface area contributed by atoms with Crippen molar-refractivity contribution in [3.05, 3.63) is 93.6 Å². The maximum atomic E-state index is 13.7. The van der Waals surface area contributed by atoms with Gasteiger partial charge in [-0.1, -0.05) is 47.5 Å². The molecular weight excluding hydrogens is 424 g/mol. The average molecular weight is 447 g/mol. The van der Waals surface area contributed by atoms with Crippen molar-refractivity contribution in [2.24, 2.45) is 0 Å². The summed E-state index contributed by atoms with van der Waals surface area (Å²) in [6.45, 7) is 5.77. The number of imide groups is 1. The number of aryl methyl sites for hydroxylation is 3. The van der Waals surface area contributed by atoms with E-state index in [0.29, 0.717) is 33.3 Å². The molecule has 1 aliphatic rings. The zero-order valence-electron chi connectivity index (χ0n) is 18.3. The van der Waals surface area contributed by atoms with Gasteiger partial charge in [-0.25, -0.2) is 4.90 Å². The molecule has 4 rings (SSSR count). The average Bonchev–Trinajstić information content (AvgIpc) is 3.00. The van der Waals surface area contributed by atoms with E-state index in [-0.39, 0.29) is 5.70 Å². The Morgan fingerprint density at radius 3 is 2.19 bits per heavy atom. The molecule has 32 heavy (non-hydrogen) atoms. The van der Waals surface area contributed by atoms with Crippen LogP contribution in [0.1, 0.15) is 22.3 Å². The number of hydrogen-bond donors (Lipinski definition) is 1. The molecule has 0 unspecified atom stereocenters. The molecular formula is C26H23ClN2O3. The zero-order chi connectivity index (χ0) is 23.0. The summed E-state index contributed by atoms with van der Waals surface area (Å²) in [4.78, 5) is 28.5. The highest BCUT2D eigenvalue weighted by molar-refractivity contribution is 6.46.